The van der Waals surface area contributed by atoms with Crippen molar-refractivity contribution in [1.82, 2.24) is 10.2 Å². The minimum absolute atomic E-state index is 0.126. The Kier molecular flexibility index (Phi) is 3.60. The second-order valence-electron chi connectivity index (χ2n) is 5.21. The van der Waals surface area contributed by atoms with E-state index in [1.165, 1.54) is 6.07 Å². The molecular weight excluding hydrogens is 280 g/mol. The molecule has 3 nitrogen and oxygen atoms in total. The van der Waals surface area contributed by atoms with Gasteiger partial charge in [0.2, 0.25) is 0 Å². The molecule has 1 unspecified atom stereocenters. The number of nitrogens with two attached hydrogens (primary N) is 1. The van der Waals surface area contributed by atoms with Crippen molar-refractivity contribution in [3.63, 3.8) is 0 Å². The molecular formula is C14H17F2N3S. The predicted molar refractivity (Wildman–Crippen MR) is 77.1 cm³/mol. The summed E-state index contributed by atoms with van der Waals surface area (Å²) in [5.74, 6) is -0.950. The molecule has 3 rings (SSSR count). The van der Waals surface area contributed by atoms with Gasteiger partial charge in [-0.15, -0.1) is 12.6 Å². The van der Waals surface area contributed by atoms with Gasteiger partial charge in [0, 0.05) is 30.5 Å². The van der Waals surface area contributed by atoms with Gasteiger partial charge in [0.1, 0.15) is 17.1 Å². The number of rotatable bonds is 2. The molecule has 0 amide bonds. The highest BCUT2D eigenvalue weighted by atomic mass is 32.1. The summed E-state index contributed by atoms with van der Waals surface area (Å²) in [4.78, 5) is 2.11. The van der Waals surface area contributed by atoms with Gasteiger partial charge in [-0.1, -0.05) is 0 Å². The molecule has 1 aromatic carbocycles. The molecule has 6 heteroatoms. The molecule has 0 bridgehead atoms. The Morgan fingerprint density at radius 2 is 2.20 bits per heavy atom. The molecule has 1 heterocycles. The summed E-state index contributed by atoms with van der Waals surface area (Å²) in [6.07, 6.45) is 3.89. The van der Waals surface area contributed by atoms with E-state index >= 15 is 0 Å². The Balaban J connectivity index is 1.87. The summed E-state index contributed by atoms with van der Waals surface area (Å²) in [6, 6.07) is 2.56. The fourth-order valence-electron chi connectivity index (χ4n) is 3.10. The predicted octanol–water partition coefficient (Wildman–Crippen LogP) is 1.74. The largest absolute Gasteiger partial charge is 0.361 e. The first-order valence-corrected chi connectivity index (χ1v) is 7.20. The number of benzene rings is 1. The average Bonchev–Trinajstić information content (AvgIpc) is 2.78. The Morgan fingerprint density at radius 1 is 1.40 bits per heavy atom. The van der Waals surface area contributed by atoms with Crippen molar-refractivity contribution in [2.24, 2.45) is 5.73 Å². The molecule has 2 aliphatic rings. The lowest BCUT2D eigenvalue weighted by Gasteiger charge is -2.37. The molecule has 20 heavy (non-hydrogen) atoms. The van der Waals surface area contributed by atoms with Crippen LogP contribution in [0.15, 0.2) is 24.0 Å². The van der Waals surface area contributed by atoms with E-state index in [1.807, 2.05) is 6.20 Å². The fourth-order valence-corrected chi connectivity index (χ4v) is 3.52. The molecule has 1 aliphatic carbocycles. The molecule has 3 N–H and O–H groups in total. The third-order valence-corrected chi connectivity index (χ3v) is 4.43. The molecule has 1 aromatic rings. The maximum atomic E-state index is 13.7. The molecule has 0 fully saturated rings. The number of hydrogen-bond donors (Lipinski definition) is 3. The first-order chi connectivity index (χ1) is 9.60. The Hall–Kier alpha value is -1.27. The third-order valence-electron chi connectivity index (χ3n) is 4.03. The summed E-state index contributed by atoms with van der Waals surface area (Å²) >= 11 is 4.48. The standard InChI is InChI=1S/C14H17F2N3S/c15-9-3-8-4-10(1-2-12(8)13(16)5-9)19-11(6-17)7-18-14(19)20/h3,5,7,10,14,18,20H,1-2,4,6,17H2/t10?,14-/m0/s1. The van der Waals surface area contributed by atoms with Crippen LogP contribution in [0.5, 0.6) is 0 Å². The quantitative estimate of drug-likeness (QED) is 0.728. The van der Waals surface area contributed by atoms with Gasteiger partial charge in [-0.05, 0) is 36.5 Å². The lowest BCUT2D eigenvalue weighted by Crippen LogP contribution is -2.44. The fraction of sp³-hybridized carbons (Fsp3) is 0.429. The molecule has 108 valence electrons. The topological polar surface area (TPSA) is 41.3 Å². The van der Waals surface area contributed by atoms with Crippen LogP contribution in [-0.4, -0.2) is 23.0 Å². The zero-order valence-corrected chi connectivity index (χ0v) is 11.8. The minimum Gasteiger partial charge on any atom is -0.361 e. The Morgan fingerprint density at radius 3 is 2.95 bits per heavy atom. The minimum atomic E-state index is -0.515. The number of nitrogens with one attached hydrogen (secondary N) is 1. The zero-order valence-electron chi connectivity index (χ0n) is 10.9. The number of hydrogen-bond acceptors (Lipinski definition) is 4. The van der Waals surface area contributed by atoms with Gasteiger partial charge in [-0.2, -0.15) is 0 Å². The molecule has 1 aliphatic heterocycles. The molecule has 2 atom stereocenters. The zero-order chi connectivity index (χ0) is 14.3. The van der Waals surface area contributed by atoms with Crippen LogP contribution in [-0.2, 0) is 12.8 Å². The number of nitrogens with zero attached hydrogens (tertiary/aromatic N) is 1. The highest BCUT2D eigenvalue weighted by Crippen LogP contribution is 2.31. The first kappa shape index (κ1) is 13.7. The lowest BCUT2D eigenvalue weighted by atomic mass is 9.87. The van der Waals surface area contributed by atoms with Crippen molar-refractivity contribution < 1.29 is 8.78 Å². The van der Waals surface area contributed by atoms with E-state index in [0.717, 1.165) is 23.7 Å². The van der Waals surface area contributed by atoms with Crippen molar-refractivity contribution in [3.8, 4) is 0 Å². The van der Waals surface area contributed by atoms with Gasteiger partial charge in [0.15, 0.2) is 0 Å². The molecule has 0 saturated heterocycles. The first-order valence-electron chi connectivity index (χ1n) is 6.68. The smallest absolute Gasteiger partial charge is 0.145 e. The second kappa shape index (κ2) is 5.26. The van der Waals surface area contributed by atoms with Crippen LogP contribution in [0.2, 0.25) is 0 Å². The van der Waals surface area contributed by atoms with E-state index in [2.05, 4.69) is 22.8 Å². The van der Waals surface area contributed by atoms with Gasteiger partial charge < -0.3 is 16.0 Å². The summed E-state index contributed by atoms with van der Waals surface area (Å²) in [6.45, 7) is 0.422. The number of thiol groups is 1. The number of halogens is 2. The van der Waals surface area contributed by atoms with E-state index in [0.29, 0.717) is 24.9 Å². The van der Waals surface area contributed by atoms with E-state index in [1.54, 1.807) is 0 Å². The maximum absolute atomic E-state index is 13.7. The van der Waals surface area contributed by atoms with Crippen LogP contribution in [0, 0.1) is 11.6 Å². The summed E-state index contributed by atoms with van der Waals surface area (Å²) in [5.41, 5.74) is 7.98. The Labute approximate surface area is 122 Å². The van der Waals surface area contributed by atoms with Crippen LogP contribution in [0.3, 0.4) is 0 Å². The van der Waals surface area contributed by atoms with Crippen molar-refractivity contribution >= 4 is 12.6 Å². The van der Waals surface area contributed by atoms with Crippen molar-refractivity contribution in [3.05, 3.63) is 46.8 Å². The Bertz CT molecular complexity index is 562. The molecule has 0 aromatic heterocycles. The summed E-state index contributed by atoms with van der Waals surface area (Å²) < 4.78 is 27.1. The van der Waals surface area contributed by atoms with Crippen molar-refractivity contribution in [2.75, 3.05) is 6.54 Å². The van der Waals surface area contributed by atoms with Crippen LogP contribution >= 0.6 is 12.6 Å². The van der Waals surface area contributed by atoms with Crippen LogP contribution in [0.25, 0.3) is 0 Å². The van der Waals surface area contributed by atoms with Crippen LogP contribution < -0.4 is 11.1 Å². The van der Waals surface area contributed by atoms with Crippen LogP contribution in [0.4, 0.5) is 8.78 Å². The van der Waals surface area contributed by atoms with Gasteiger partial charge in [-0.3, -0.25) is 0 Å². The van der Waals surface area contributed by atoms with Crippen LogP contribution in [0.1, 0.15) is 17.5 Å². The van der Waals surface area contributed by atoms with Gasteiger partial charge in [0.05, 0.1) is 0 Å². The highest BCUT2D eigenvalue weighted by molar-refractivity contribution is 7.80. The van der Waals surface area contributed by atoms with E-state index in [-0.39, 0.29) is 11.5 Å². The maximum Gasteiger partial charge on any atom is 0.145 e. The second-order valence-corrected chi connectivity index (χ2v) is 5.70. The molecule has 0 spiro atoms. The van der Waals surface area contributed by atoms with E-state index in [9.17, 15) is 8.78 Å². The monoisotopic (exact) mass is 297 g/mol. The van der Waals surface area contributed by atoms with Gasteiger partial charge >= 0.3 is 0 Å². The normalized spacial score (nSPS) is 25.2. The van der Waals surface area contributed by atoms with Crippen molar-refractivity contribution in [1.29, 1.82) is 0 Å². The summed E-state index contributed by atoms with van der Waals surface area (Å²) in [5, 5.41) is 3.11. The van der Waals surface area contributed by atoms with Gasteiger partial charge in [0.25, 0.3) is 0 Å². The van der Waals surface area contributed by atoms with E-state index < -0.39 is 11.6 Å². The van der Waals surface area contributed by atoms with Crippen molar-refractivity contribution in [2.45, 2.75) is 30.8 Å². The SMILES string of the molecule is NCC1=CN[C@H](S)N1C1CCc2c(F)cc(F)cc2C1. The average molecular weight is 297 g/mol. The molecule has 0 radical (unpaired) electrons. The van der Waals surface area contributed by atoms with E-state index in [4.69, 9.17) is 5.73 Å². The number of fused-ring (bicyclic) bond motifs is 1. The highest BCUT2D eigenvalue weighted by Gasteiger charge is 2.32. The van der Waals surface area contributed by atoms with Gasteiger partial charge in [-0.25, -0.2) is 8.78 Å². The lowest BCUT2D eigenvalue weighted by molar-refractivity contribution is 0.222. The third kappa shape index (κ3) is 2.27. The molecule has 0 saturated carbocycles. The summed E-state index contributed by atoms with van der Waals surface area (Å²) in [7, 11) is 0.